The third kappa shape index (κ3) is 4.43. The molecule has 0 aromatic heterocycles. The molecule has 2 rings (SSSR count). The second kappa shape index (κ2) is 7.22. The van der Waals surface area contributed by atoms with Crippen molar-refractivity contribution in [3.05, 3.63) is 59.9 Å². The second-order valence-corrected chi connectivity index (χ2v) is 6.25. The van der Waals surface area contributed by atoms with Gasteiger partial charge in [-0.05, 0) is 50.2 Å². The van der Waals surface area contributed by atoms with Crippen molar-refractivity contribution in [1.82, 2.24) is 0 Å². The highest BCUT2D eigenvalue weighted by Crippen LogP contribution is 2.24. The molecule has 114 valence electrons. The van der Waals surface area contributed by atoms with Crippen LogP contribution in [0.4, 0.5) is 10.1 Å². The van der Waals surface area contributed by atoms with Gasteiger partial charge in [0.15, 0.2) is 5.78 Å². The lowest BCUT2D eigenvalue weighted by molar-refractivity contribution is -0.115. The molecular formula is C17H16FNO2S. The van der Waals surface area contributed by atoms with Gasteiger partial charge in [-0.25, -0.2) is 4.39 Å². The number of hydrogen-bond acceptors (Lipinski definition) is 3. The van der Waals surface area contributed by atoms with Crippen molar-refractivity contribution in [2.24, 2.45) is 0 Å². The lowest BCUT2D eigenvalue weighted by atomic mass is 10.1. The molecular weight excluding hydrogens is 301 g/mol. The molecule has 2 aromatic rings. The Balaban J connectivity index is 2.00. The maximum atomic E-state index is 12.9. The molecule has 0 aliphatic heterocycles. The molecule has 5 heteroatoms. The average Bonchev–Trinajstić information content (AvgIpc) is 2.49. The Hall–Kier alpha value is -2.14. The number of amides is 1. The van der Waals surface area contributed by atoms with Gasteiger partial charge in [-0.3, -0.25) is 9.59 Å². The highest BCUT2D eigenvalue weighted by molar-refractivity contribution is 8.00. The van der Waals surface area contributed by atoms with Gasteiger partial charge in [0.1, 0.15) is 5.82 Å². The van der Waals surface area contributed by atoms with Crippen molar-refractivity contribution < 1.29 is 14.0 Å². The largest absolute Gasteiger partial charge is 0.325 e. The van der Waals surface area contributed by atoms with Gasteiger partial charge in [-0.1, -0.05) is 12.1 Å². The predicted octanol–water partition coefficient (Wildman–Crippen LogP) is 4.15. The van der Waals surface area contributed by atoms with Crippen LogP contribution < -0.4 is 5.32 Å². The summed E-state index contributed by atoms with van der Waals surface area (Å²) in [6.07, 6.45) is 0. The first kappa shape index (κ1) is 16.2. The summed E-state index contributed by atoms with van der Waals surface area (Å²) < 4.78 is 12.9. The van der Waals surface area contributed by atoms with E-state index in [4.69, 9.17) is 0 Å². The summed E-state index contributed by atoms with van der Waals surface area (Å²) in [7, 11) is 0. The zero-order valence-corrected chi connectivity index (χ0v) is 13.1. The first-order valence-corrected chi connectivity index (χ1v) is 7.68. The number of carbonyl (C=O) groups is 2. The van der Waals surface area contributed by atoms with E-state index in [1.165, 1.54) is 30.8 Å². The van der Waals surface area contributed by atoms with Crippen molar-refractivity contribution in [3.8, 4) is 0 Å². The SMILES string of the molecule is CC(=O)c1cccc(NC(=O)[C@H](C)Sc2ccc(F)cc2)c1. The van der Waals surface area contributed by atoms with Crippen LogP contribution in [0.25, 0.3) is 0 Å². The molecule has 0 aliphatic carbocycles. The monoisotopic (exact) mass is 317 g/mol. The summed E-state index contributed by atoms with van der Waals surface area (Å²) >= 11 is 1.34. The third-order valence-electron chi connectivity index (χ3n) is 3.03. The minimum atomic E-state index is -0.341. The average molecular weight is 317 g/mol. The molecule has 0 fully saturated rings. The van der Waals surface area contributed by atoms with Crippen LogP contribution in [0.3, 0.4) is 0 Å². The van der Waals surface area contributed by atoms with E-state index < -0.39 is 0 Å². The van der Waals surface area contributed by atoms with Crippen LogP contribution in [-0.2, 0) is 4.79 Å². The van der Waals surface area contributed by atoms with E-state index in [2.05, 4.69) is 5.32 Å². The van der Waals surface area contributed by atoms with Crippen LogP contribution in [0.15, 0.2) is 53.4 Å². The third-order valence-corrected chi connectivity index (χ3v) is 4.14. The normalized spacial score (nSPS) is 11.8. The number of halogens is 1. The van der Waals surface area contributed by atoms with Crippen LogP contribution >= 0.6 is 11.8 Å². The quantitative estimate of drug-likeness (QED) is 0.665. The number of anilines is 1. The molecule has 0 radical (unpaired) electrons. The molecule has 0 bridgehead atoms. The maximum absolute atomic E-state index is 12.9. The molecule has 3 nitrogen and oxygen atoms in total. The highest BCUT2D eigenvalue weighted by Gasteiger charge is 2.15. The summed E-state index contributed by atoms with van der Waals surface area (Å²) in [6, 6.07) is 12.8. The fourth-order valence-electron chi connectivity index (χ4n) is 1.83. The van der Waals surface area contributed by atoms with Gasteiger partial charge >= 0.3 is 0 Å². The molecule has 0 aliphatic rings. The van der Waals surface area contributed by atoms with E-state index >= 15 is 0 Å². The number of Topliss-reactive ketones (excluding diaryl/α,β-unsaturated/α-hetero) is 1. The Bertz CT molecular complexity index is 685. The van der Waals surface area contributed by atoms with Gasteiger partial charge in [0.2, 0.25) is 5.91 Å². The number of carbonyl (C=O) groups excluding carboxylic acids is 2. The number of nitrogens with one attached hydrogen (secondary N) is 1. The van der Waals surface area contributed by atoms with Crippen molar-refractivity contribution in [2.45, 2.75) is 24.0 Å². The van der Waals surface area contributed by atoms with Gasteiger partial charge in [0.25, 0.3) is 0 Å². The predicted molar refractivity (Wildman–Crippen MR) is 86.8 cm³/mol. The lowest BCUT2D eigenvalue weighted by Gasteiger charge is -2.12. The van der Waals surface area contributed by atoms with E-state index in [0.717, 1.165) is 4.90 Å². The number of ketones is 1. The molecule has 1 N–H and O–H groups in total. The van der Waals surface area contributed by atoms with E-state index in [0.29, 0.717) is 11.3 Å². The topological polar surface area (TPSA) is 46.2 Å². The Labute approximate surface area is 132 Å². The first-order valence-electron chi connectivity index (χ1n) is 6.80. The molecule has 0 unspecified atom stereocenters. The zero-order valence-electron chi connectivity index (χ0n) is 12.3. The minimum absolute atomic E-state index is 0.0511. The Morgan fingerprint density at radius 1 is 1.14 bits per heavy atom. The zero-order chi connectivity index (χ0) is 16.1. The summed E-state index contributed by atoms with van der Waals surface area (Å²) in [4.78, 5) is 24.3. The number of rotatable bonds is 5. The lowest BCUT2D eigenvalue weighted by Crippen LogP contribution is -2.22. The van der Waals surface area contributed by atoms with Gasteiger partial charge in [0.05, 0.1) is 5.25 Å². The van der Waals surface area contributed by atoms with Crippen molar-refractivity contribution in [1.29, 1.82) is 0 Å². The standard InChI is InChI=1S/C17H16FNO2S/c1-11(20)13-4-3-5-15(10-13)19-17(21)12(2)22-16-8-6-14(18)7-9-16/h3-10,12H,1-2H3,(H,19,21)/t12-/m0/s1. The van der Waals surface area contributed by atoms with Crippen LogP contribution in [0.5, 0.6) is 0 Å². The highest BCUT2D eigenvalue weighted by atomic mass is 32.2. The molecule has 0 saturated carbocycles. The Kier molecular flexibility index (Phi) is 5.33. The minimum Gasteiger partial charge on any atom is -0.325 e. The molecule has 1 atom stereocenters. The summed E-state index contributed by atoms with van der Waals surface area (Å²) in [6.45, 7) is 3.26. The maximum Gasteiger partial charge on any atom is 0.237 e. The molecule has 0 heterocycles. The molecule has 0 spiro atoms. The van der Waals surface area contributed by atoms with Gasteiger partial charge in [-0.2, -0.15) is 0 Å². The summed E-state index contributed by atoms with van der Waals surface area (Å²) in [5.74, 6) is -0.526. The van der Waals surface area contributed by atoms with E-state index in [9.17, 15) is 14.0 Å². The first-order chi connectivity index (χ1) is 10.5. The fourth-order valence-corrected chi connectivity index (χ4v) is 2.70. The van der Waals surface area contributed by atoms with Crippen molar-refractivity contribution in [2.75, 3.05) is 5.32 Å². The summed E-state index contributed by atoms with van der Waals surface area (Å²) in [5, 5.41) is 2.44. The van der Waals surface area contributed by atoms with E-state index in [-0.39, 0.29) is 22.8 Å². The van der Waals surface area contributed by atoms with Crippen molar-refractivity contribution >= 4 is 29.1 Å². The van der Waals surface area contributed by atoms with Crippen molar-refractivity contribution in [3.63, 3.8) is 0 Å². The van der Waals surface area contributed by atoms with E-state index in [1.807, 2.05) is 0 Å². The van der Waals surface area contributed by atoms with E-state index in [1.54, 1.807) is 43.3 Å². The van der Waals surface area contributed by atoms with Crippen LogP contribution in [0.2, 0.25) is 0 Å². The molecule has 0 saturated heterocycles. The number of benzene rings is 2. The molecule has 22 heavy (non-hydrogen) atoms. The van der Waals surface area contributed by atoms with Crippen LogP contribution in [0, 0.1) is 5.82 Å². The van der Waals surface area contributed by atoms with Gasteiger partial charge in [0, 0.05) is 16.1 Å². The number of thioether (sulfide) groups is 1. The van der Waals surface area contributed by atoms with Gasteiger partial charge in [-0.15, -0.1) is 11.8 Å². The Morgan fingerprint density at radius 3 is 2.45 bits per heavy atom. The van der Waals surface area contributed by atoms with Crippen LogP contribution in [-0.4, -0.2) is 16.9 Å². The molecule has 2 aromatic carbocycles. The van der Waals surface area contributed by atoms with Crippen LogP contribution in [0.1, 0.15) is 24.2 Å². The number of hydrogen-bond donors (Lipinski definition) is 1. The summed E-state index contributed by atoms with van der Waals surface area (Å²) in [5.41, 5.74) is 1.14. The molecule has 1 amide bonds. The second-order valence-electron chi connectivity index (χ2n) is 4.84. The Morgan fingerprint density at radius 2 is 1.82 bits per heavy atom. The van der Waals surface area contributed by atoms with Gasteiger partial charge < -0.3 is 5.32 Å². The smallest absolute Gasteiger partial charge is 0.237 e. The fraction of sp³-hybridized carbons (Fsp3) is 0.176.